The van der Waals surface area contributed by atoms with Gasteiger partial charge >= 0.3 is 0 Å². The van der Waals surface area contributed by atoms with Crippen LogP contribution in [-0.2, 0) is 12.8 Å². The summed E-state index contributed by atoms with van der Waals surface area (Å²) in [5, 5.41) is 3.07. The lowest BCUT2D eigenvalue weighted by Gasteiger charge is -2.23. The van der Waals surface area contributed by atoms with Gasteiger partial charge in [0, 0.05) is 0 Å². The van der Waals surface area contributed by atoms with E-state index in [1.807, 2.05) is 6.08 Å². The van der Waals surface area contributed by atoms with Crippen LogP contribution < -0.4 is 10.6 Å². The van der Waals surface area contributed by atoms with Gasteiger partial charge in [0.1, 0.15) is 0 Å². The van der Waals surface area contributed by atoms with Crippen molar-refractivity contribution in [3.05, 3.63) is 109 Å². The normalized spacial score (nSPS) is 11.4. The summed E-state index contributed by atoms with van der Waals surface area (Å²) in [5.74, 6) is 0. The number of rotatable bonds is 12. The van der Waals surface area contributed by atoms with E-state index in [9.17, 15) is 0 Å². The van der Waals surface area contributed by atoms with Crippen LogP contribution in [0.5, 0.6) is 0 Å². The van der Waals surface area contributed by atoms with E-state index in [-0.39, 0.29) is 0 Å². The Morgan fingerprint density at radius 1 is 0.633 bits per heavy atom. The predicted molar refractivity (Wildman–Crippen MR) is 137 cm³/mol. The van der Waals surface area contributed by atoms with Gasteiger partial charge in [-0.25, -0.2) is 0 Å². The number of benzene rings is 3. The zero-order chi connectivity index (χ0) is 21.1. The number of aryl methyl sites for hydroxylation is 2. The molecule has 3 aromatic rings. The van der Waals surface area contributed by atoms with Crippen LogP contribution in [0.4, 0.5) is 0 Å². The molecule has 3 rings (SSSR count). The van der Waals surface area contributed by atoms with Gasteiger partial charge in [0.25, 0.3) is 0 Å². The Morgan fingerprint density at radius 2 is 1.13 bits per heavy atom. The van der Waals surface area contributed by atoms with Crippen molar-refractivity contribution < 1.29 is 0 Å². The summed E-state index contributed by atoms with van der Waals surface area (Å²) in [7, 11) is -1.30. The molecular formula is C29H36P+. The van der Waals surface area contributed by atoms with Crippen LogP contribution in [0.25, 0.3) is 0 Å². The van der Waals surface area contributed by atoms with Gasteiger partial charge in [0.05, 0.1) is 30.7 Å². The van der Waals surface area contributed by atoms with Crippen LogP contribution in [0.3, 0.4) is 0 Å². The maximum Gasteiger partial charge on any atom is 0.0988 e. The van der Waals surface area contributed by atoms with Crippen molar-refractivity contribution in [1.82, 2.24) is 0 Å². The molecule has 0 nitrogen and oxygen atoms in total. The SMILES string of the molecule is C=CCCc1ccc(CCCCCC[P+](C)(c2ccccc2)c2ccccc2)cc1. The third-order valence-electron chi connectivity index (χ3n) is 6.13. The molecule has 1 heteroatoms. The van der Waals surface area contributed by atoms with Crippen LogP contribution in [0.15, 0.2) is 97.6 Å². The molecule has 0 heterocycles. The van der Waals surface area contributed by atoms with Gasteiger partial charge in [-0.2, -0.15) is 0 Å². The van der Waals surface area contributed by atoms with E-state index in [1.165, 1.54) is 60.0 Å². The van der Waals surface area contributed by atoms with E-state index in [2.05, 4.69) is 98.2 Å². The van der Waals surface area contributed by atoms with Gasteiger partial charge in [-0.05, 0) is 73.9 Å². The maximum absolute atomic E-state index is 3.81. The molecule has 3 aromatic carbocycles. The Morgan fingerprint density at radius 3 is 1.67 bits per heavy atom. The molecule has 30 heavy (non-hydrogen) atoms. The molecule has 156 valence electrons. The van der Waals surface area contributed by atoms with Crippen LogP contribution in [0.2, 0.25) is 0 Å². The quantitative estimate of drug-likeness (QED) is 0.167. The topological polar surface area (TPSA) is 0 Å². The zero-order valence-electron chi connectivity index (χ0n) is 18.5. The van der Waals surface area contributed by atoms with Crippen molar-refractivity contribution in [2.45, 2.75) is 44.9 Å². The third kappa shape index (κ3) is 6.41. The lowest BCUT2D eigenvalue weighted by atomic mass is 10.0. The average molecular weight is 416 g/mol. The number of allylic oxidation sites excluding steroid dienone is 1. The molecule has 0 saturated carbocycles. The van der Waals surface area contributed by atoms with Gasteiger partial charge in [0.2, 0.25) is 0 Å². The molecule has 0 fully saturated rings. The van der Waals surface area contributed by atoms with Crippen molar-refractivity contribution in [1.29, 1.82) is 0 Å². The fourth-order valence-corrected chi connectivity index (χ4v) is 7.50. The van der Waals surface area contributed by atoms with Crippen LogP contribution in [0, 0.1) is 0 Å². The van der Waals surface area contributed by atoms with Crippen molar-refractivity contribution in [2.75, 3.05) is 12.8 Å². The van der Waals surface area contributed by atoms with E-state index in [4.69, 9.17) is 0 Å². The monoisotopic (exact) mass is 415 g/mol. The molecule has 0 unspecified atom stereocenters. The first-order valence-electron chi connectivity index (χ1n) is 11.4. The molecular weight excluding hydrogens is 379 g/mol. The standard InChI is InChI=1S/C29H36P/c1-3-4-15-26-21-23-27(24-22-26)16-9-5-6-14-25-30(2,28-17-10-7-11-18-28)29-19-12-8-13-20-29/h3,7-8,10-13,17-24H,1,4-6,9,14-16,25H2,2H3/q+1. The van der Waals surface area contributed by atoms with E-state index < -0.39 is 7.26 Å². The zero-order valence-corrected chi connectivity index (χ0v) is 19.4. The minimum Gasteiger partial charge on any atom is -0.103 e. The fourth-order valence-electron chi connectivity index (χ4n) is 4.17. The van der Waals surface area contributed by atoms with Crippen LogP contribution in [-0.4, -0.2) is 12.8 Å². The molecule has 0 amide bonds. The van der Waals surface area contributed by atoms with E-state index >= 15 is 0 Å². The summed E-state index contributed by atoms with van der Waals surface area (Å²) in [6.45, 7) is 6.33. The van der Waals surface area contributed by atoms with E-state index in [0.717, 1.165) is 12.8 Å². The minimum atomic E-state index is -1.30. The third-order valence-corrected chi connectivity index (χ3v) is 10.2. The van der Waals surface area contributed by atoms with Gasteiger partial charge in [0.15, 0.2) is 0 Å². The largest absolute Gasteiger partial charge is 0.103 e. The Bertz CT molecular complexity index is 826. The van der Waals surface area contributed by atoms with Crippen molar-refractivity contribution in [3.8, 4) is 0 Å². The second-order valence-corrected chi connectivity index (χ2v) is 12.3. The number of hydrogen-bond donors (Lipinski definition) is 0. The second-order valence-electron chi connectivity index (χ2n) is 8.39. The van der Waals surface area contributed by atoms with E-state index in [0.29, 0.717) is 0 Å². The first kappa shape index (κ1) is 22.5. The number of unbranched alkanes of at least 4 members (excludes halogenated alkanes) is 3. The highest BCUT2D eigenvalue weighted by Gasteiger charge is 2.36. The molecule has 0 N–H and O–H groups in total. The lowest BCUT2D eigenvalue weighted by molar-refractivity contribution is 0.669. The molecule has 0 aromatic heterocycles. The average Bonchev–Trinajstić information content (AvgIpc) is 2.81. The Hall–Kier alpha value is -2.17. The van der Waals surface area contributed by atoms with Gasteiger partial charge in [-0.15, -0.1) is 6.58 Å². The fraction of sp³-hybridized carbons (Fsp3) is 0.310. The first-order chi connectivity index (χ1) is 14.7. The van der Waals surface area contributed by atoms with Gasteiger partial charge < -0.3 is 0 Å². The van der Waals surface area contributed by atoms with E-state index in [1.54, 1.807) is 0 Å². The van der Waals surface area contributed by atoms with Crippen molar-refractivity contribution in [2.24, 2.45) is 0 Å². The highest BCUT2D eigenvalue weighted by atomic mass is 31.2. The lowest BCUT2D eigenvalue weighted by Crippen LogP contribution is -2.23. The molecule has 0 aliphatic rings. The highest BCUT2D eigenvalue weighted by Crippen LogP contribution is 2.53. The van der Waals surface area contributed by atoms with Crippen molar-refractivity contribution in [3.63, 3.8) is 0 Å². The summed E-state index contributed by atoms with van der Waals surface area (Å²) in [5.41, 5.74) is 2.90. The molecule has 0 aliphatic heterocycles. The summed E-state index contributed by atoms with van der Waals surface area (Å²) in [4.78, 5) is 0. The van der Waals surface area contributed by atoms with Crippen LogP contribution >= 0.6 is 7.26 Å². The summed E-state index contributed by atoms with van der Waals surface area (Å²) in [6.07, 6.45) is 11.9. The molecule has 0 radical (unpaired) electrons. The number of hydrogen-bond acceptors (Lipinski definition) is 0. The molecule has 0 aliphatic carbocycles. The minimum absolute atomic E-state index is 1.06. The Balaban J connectivity index is 1.47. The summed E-state index contributed by atoms with van der Waals surface area (Å²) < 4.78 is 0. The summed E-state index contributed by atoms with van der Waals surface area (Å²) >= 11 is 0. The molecule has 0 bridgehead atoms. The van der Waals surface area contributed by atoms with Gasteiger partial charge in [-0.3, -0.25) is 0 Å². The Kier molecular flexibility index (Phi) is 8.91. The maximum atomic E-state index is 3.81. The highest BCUT2D eigenvalue weighted by molar-refractivity contribution is 7.88. The summed E-state index contributed by atoms with van der Waals surface area (Å²) in [6, 6.07) is 31.6. The van der Waals surface area contributed by atoms with Gasteiger partial charge in [-0.1, -0.05) is 73.2 Å². The van der Waals surface area contributed by atoms with Crippen molar-refractivity contribution >= 4 is 17.9 Å². The molecule has 0 atom stereocenters. The molecule has 0 spiro atoms. The smallest absolute Gasteiger partial charge is 0.0988 e. The van der Waals surface area contributed by atoms with Crippen LogP contribution in [0.1, 0.15) is 43.2 Å². The molecule has 0 saturated heterocycles. The Labute approximate surface area is 184 Å². The first-order valence-corrected chi connectivity index (χ1v) is 13.8. The second kappa shape index (κ2) is 11.9. The predicted octanol–water partition coefficient (Wildman–Crippen LogP) is 7.21.